The predicted octanol–water partition coefficient (Wildman–Crippen LogP) is 25.7. The highest BCUT2D eigenvalue weighted by atomic mass is 79.9. The molecule has 0 N–H and O–H groups in total. The molecule has 1 fully saturated rings. The fourth-order valence-electron chi connectivity index (χ4n) is 16.0. The molecular weight excluding hydrogens is 1430 g/mol. The summed E-state index contributed by atoms with van der Waals surface area (Å²) in [4.78, 5) is 0. The number of halogens is 2. The zero-order chi connectivity index (χ0) is 71.4. The van der Waals surface area contributed by atoms with Gasteiger partial charge in [0, 0.05) is 91.2 Å². The highest BCUT2D eigenvalue weighted by molar-refractivity contribution is 9.10. The molecule has 6 heterocycles. The second kappa shape index (κ2) is 26.1. The number of aromatic nitrogens is 5. The Morgan fingerprint density at radius 2 is 0.472 bits per heavy atom. The van der Waals surface area contributed by atoms with Crippen molar-refractivity contribution in [1.82, 2.24) is 22.8 Å². The summed E-state index contributed by atoms with van der Waals surface area (Å²) in [5, 5.41) is 12.5. The van der Waals surface area contributed by atoms with E-state index in [2.05, 4.69) is 422 Å². The first-order valence-corrected chi connectivity index (χ1v) is 37.7. The Morgan fingerprint density at radius 1 is 0.217 bits per heavy atom. The second-order valence-electron chi connectivity index (χ2n) is 28.5. The van der Waals surface area contributed by atoms with E-state index in [9.17, 15) is 0 Å². The van der Waals surface area contributed by atoms with Gasteiger partial charge in [-0.3, -0.25) is 0 Å². The molecule has 5 aromatic heterocycles. The van der Waals surface area contributed by atoms with Crippen molar-refractivity contribution >= 4 is 153 Å². The lowest BCUT2D eigenvalue weighted by Gasteiger charge is -2.32. The molecule has 0 bridgehead atoms. The van der Waals surface area contributed by atoms with Gasteiger partial charge in [-0.05, 0) is 213 Å². The summed E-state index contributed by atoms with van der Waals surface area (Å²) in [6.45, 7) is 8.36. The van der Waals surface area contributed by atoms with Gasteiger partial charge in [-0.15, -0.1) is 0 Å². The molecule has 0 atom stereocenters. The Kier molecular flexibility index (Phi) is 16.0. The molecule has 0 saturated carbocycles. The van der Waals surface area contributed by atoms with E-state index in [1.165, 1.54) is 148 Å². The molecule has 7 nitrogen and oxygen atoms in total. The van der Waals surface area contributed by atoms with Gasteiger partial charge < -0.3 is 32.1 Å². The zero-order valence-electron chi connectivity index (χ0n) is 58.9. The average Bonchev–Trinajstić information content (AvgIpc) is 1.59. The number of para-hydroxylation sites is 8. The molecule has 0 unspecified atom stereocenters. The molecule has 1 aliphatic rings. The van der Waals surface area contributed by atoms with Gasteiger partial charge >= 0.3 is 7.12 Å². The molecule has 15 aromatic carbocycles. The molecular formula is C96H70BBr2N5O2. The summed E-state index contributed by atoms with van der Waals surface area (Å²) in [5.74, 6) is 0. The van der Waals surface area contributed by atoms with E-state index < -0.39 is 0 Å². The number of rotatable bonds is 8. The van der Waals surface area contributed by atoms with Crippen molar-refractivity contribution in [2.75, 3.05) is 0 Å². The van der Waals surface area contributed by atoms with Crippen molar-refractivity contribution < 1.29 is 9.31 Å². The van der Waals surface area contributed by atoms with Crippen molar-refractivity contribution in [2.45, 2.75) is 38.9 Å². The van der Waals surface area contributed by atoms with Crippen LogP contribution in [0.5, 0.6) is 0 Å². The van der Waals surface area contributed by atoms with Crippen molar-refractivity contribution in [2.24, 2.45) is 0 Å². The highest BCUT2D eigenvalue weighted by Crippen LogP contribution is 2.44. The lowest BCUT2D eigenvalue weighted by Crippen LogP contribution is -2.41. The van der Waals surface area contributed by atoms with E-state index in [-0.39, 0.29) is 18.3 Å². The Bertz CT molecular complexity index is 6780. The molecule has 1 saturated heterocycles. The van der Waals surface area contributed by atoms with Crippen molar-refractivity contribution in [3.05, 3.63) is 361 Å². The fourth-order valence-corrected chi connectivity index (χ4v) is 16.8. The number of benzene rings is 15. The minimum atomic E-state index is -0.353. The van der Waals surface area contributed by atoms with Crippen LogP contribution in [0.1, 0.15) is 27.7 Å². The first kappa shape index (κ1) is 65.0. The average molecular weight is 1500 g/mol. The first-order valence-electron chi connectivity index (χ1n) is 36.1. The molecule has 10 heteroatoms. The molecule has 0 amide bonds. The summed E-state index contributed by atoms with van der Waals surface area (Å²) < 4.78 is 26.5. The SMILES string of the molecule is Brc1ccc2c(c1)c1ccc(Br)cc1n2-c1ccccc1.CC1(C)OB(c2ccc3c(c2)c2ccccc2n3-c2ccccc2)OC1(C)C.c1ccc(-n2c3ccccc3c3cc(-c4ccc5c(c4)c4ccc(-c6ccc7c(c6)c6ccccc6n7-c6ccccc6)cc4n5-c4ccccc4)ccc32)cc1. The zero-order valence-corrected chi connectivity index (χ0v) is 62.0. The van der Waals surface area contributed by atoms with Gasteiger partial charge in [0.15, 0.2) is 0 Å². The molecule has 106 heavy (non-hydrogen) atoms. The third kappa shape index (κ3) is 11.1. The molecule has 0 radical (unpaired) electrons. The molecule has 508 valence electrons. The van der Waals surface area contributed by atoms with Crippen LogP contribution in [0.3, 0.4) is 0 Å². The molecule has 21 rings (SSSR count). The summed E-state index contributed by atoms with van der Waals surface area (Å²) >= 11 is 7.17. The molecule has 0 spiro atoms. The summed E-state index contributed by atoms with van der Waals surface area (Å²) in [6, 6.07) is 126. The van der Waals surface area contributed by atoms with Crippen LogP contribution in [-0.4, -0.2) is 41.2 Å². The van der Waals surface area contributed by atoms with E-state index >= 15 is 0 Å². The van der Waals surface area contributed by atoms with Crippen molar-refractivity contribution in [1.29, 1.82) is 0 Å². The van der Waals surface area contributed by atoms with Crippen LogP contribution in [0.4, 0.5) is 0 Å². The largest absolute Gasteiger partial charge is 0.494 e. The fraction of sp³-hybridized carbons (Fsp3) is 0.0625. The smallest absolute Gasteiger partial charge is 0.399 e. The Labute approximate surface area is 631 Å². The monoisotopic (exact) mass is 1490 g/mol. The molecule has 1 aliphatic heterocycles. The van der Waals surface area contributed by atoms with Crippen LogP contribution < -0.4 is 5.46 Å². The van der Waals surface area contributed by atoms with Crippen LogP contribution in [0, 0.1) is 0 Å². The van der Waals surface area contributed by atoms with Crippen LogP contribution >= 0.6 is 31.9 Å². The maximum Gasteiger partial charge on any atom is 0.494 e. The second-order valence-corrected chi connectivity index (χ2v) is 30.4. The maximum absolute atomic E-state index is 6.27. The van der Waals surface area contributed by atoms with Crippen LogP contribution in [0.25, 0.3) is 160 Å². The maximum atomic E-state index is 6.27. The van der Waals surface area contributed by atoms with Crippen LogP contribution in [0.15, 0.2) is 361 Å². The van der Waals surface area contributed by atoms with Gasteiger partial charge in [-0.1, -0.05) is 226 Å². The summed E-state index contributed by atoms with van der Waals surface area (Å²) in [7, 11) is -0.353. The van der Waals surface area contributed by atoms with Gasteiger partial charge in [0.1, 0.15) is 0 Å². The standard InChI is InChI=1S/C54H35N3.C24H24BNO2.C18H11Br2N/c1-4-14-40(15-5-1)55-49-22-12-10-20-43(49)46-32-36(25-29-51(46)55)37-26-31-53-48(33-37)45-28-24-39(35-54(45)57(53)42-18-8-3-9-19-42)38-27-30-52-47(34-38)44-21-11-13-23-50(44)56(52)41-16-6-2-7-17-41;1-23(2)24(3,4)28-25(27-23)17-14-15-22-20(16-17)19-12-8-9-13-21(19)26(22)18-10-6-5-7-11-18;19-12-7-9-17-16(10-12)15-8-6-13(20)11-18(15)21(17)14-4-2-1-3-5-14/h1-35H;5-16H,1-4H3;1-11H. The van der Waals surface area contributed by atoms with E-state index in [1.54, 1.807) is 0 Å². The minimum Gasteiger partial charge on any atom is -0.399 e. The lowest BCUT2D eigenvalue weighted by molar-refractivity contribution is 0.00578. The number of hydrogen-bond donors (Lipinski definition) is 0. The summed E-state index contributed by atoms with van der Waals surface area (Å²) in [6.07, 6.45) is 0. The molecule has 20 aromatic rings. The van der Waals surface area contributed by atoms with Gasteiger partial charge in [0.2, 0.25) is 0 Å². The first-order chi connectivity index (χ1) is 51.9. The quantitative estimate of drug-likeness (QED) is 0.142. The van der Waals surface area contributed by atoms with Gasteiger partial charge in [-0.2, -0.15) is 0 Å². The normalized spacial score (nSPS) is 13.4. The number of hydrogen-bond acceptors (Lipinski definition) is 2. The summed E-state index contributed by atoms with van der Waals surface area (Å²) in [5.41, 5.74) is 23.1. The Balaban J connectivity index is 0.000000129. The van der Waals surface area contributed by atoms with E-state index in [4.69, 9.17) is 9.31 Å². The highest BCUT2D eigenvalue weighted by Gasteiger charge is 2.52. The van der Waals surface area contributed by atoms with Gasteiger partial charge in [0.05, 0.1) is 66.4 Å². The third-order valence-electron chi connectivity index (χ3n) is 21.8. The van der Waals surface area contributed by atoms with Crippen molar-refractivity contribution in [3.8, 4) is 50.7 Å². The number of nitrogens with zero attached hydrogens (tertiary/aromatic N) is 5. The lowest BCUT2D eigenvalue weighted by atomic mass is 9.78. The van der Waals surface area contributed by atoms with E-state index in [0.29, 0.717) is 0 Å². The topological polar surface area (TPSA) is 43.1 Å². The Morgan fingerprint density at radius 3 is 0.868 bits per heavy atom. The Hall–Kier alpha value is -11.8. The van der Waals surface area contributed by atoms with Crippen LogP contribution in [0.2, 0.25) is 0 Å². The van der Waals surface area contributed by atoms with E-state index in [0.717, 1.165) is 25.8 Å². The number of fused-ring (bicyclic) bond motifs is 15. The third-order valence-corrected chi connectivity index (χ3v) is 22.7. The predicted molar refractivity (Wildman–Crippen MR) is 453 cm³/mol. The van der Waals surface area contributed by atoms with Gasteiger partial charge in [0.25, 0.3) is 0 Å². The minimum absolute atomic E-state index is 0.343. The van der Waals surface area contributed by atoms with Crippen molar-refractivity contribution in [3.63, 3.8) is 0 Å². The van der Waals surface area contributed by atoms with E-state index in [1.807, 2.05) is 12.1 Å². The molecule has 0 aliphatic carbocycles. The van der Waals surface area contributed by atoms with Gasteiger partial charge in [-0.25, -0.2) is 0 Å². The van der Waals surface area contributed by atoms with Crippen LogP contribution in [-0.2, 0) is 9.31 Å².